The Morgan fingerprint density at radius 3 is 2.25 bits per heavy atom. The molecule has 1 atom stereocenters. The largest absolute Gasteiger partial charge is 0.494 e. The van der Waals surface area contributed by atoms with Crippen LogP contribution in [0.15, 0.2) is 60.7 Å². The summed E-state index contributed by atoms with van der Waals surface area (Å²) in [6.45, 7) is 0.411. The molecule has 5 nitrogen and oxygen atoms in total. The summed E-state index contributed by atoms with van der Waals surface area (Å²) in [5, 5.41) is 11.8. The van der Waals surface area contributed by atoms with Crippen molar-refractivity contribution in [2.45, 2.75) is 25.3 Å². The molecule has 0 heterocycles. The predicted molar refractivity (Wildman–Crippen MR) is 90.9 cm³/mol. The zero-order chi connectivity index (χ0) is 17.2. The van der Waals surface area contributed by atoms with Gasteiger partial charge in [0, 0.05) is 12.8 Å². The minimum absolute atomic E-state index is 0.228. The third kappa shape index (κ3) is 6.12. The Labute approximate surface area is 141 Å². The van der Waals surface area contributed by atoms with Gasteiger partial charge in [-0.25, -0.2) is 4.79 Å². The normalized spacial score (nSPS) is 11.5. The molecule has 0 unspecified atom stereocenters. The second-order valence-electron chi connectivity index (χ2n) is 5.41. The number of carboxylic acid groups (broad SMARTS) is 1. The molecule has 126 valence electrons. The molecule has 0 bridgehead atoms. The smallest absolute Gasteiger partial charge is 0.326 e. The number of rotatable bonds is 9. The van der Waals surface area contributed by atoms with E-state index in [1.165, 1.54) is 0 Å². The highest BCUT2D eigenvalue weighted by Crippen LogP contribution is 2.09. The van der Waals surface area contributed by atoms with E-state index in [4.69, 9.17) is 4.74 Å². The Morgan fingerprint density at radius 1 is 1.00 bits per heavy atom. The van der Waals surface area contributed by atoms with Crippen molar-refractivity contribution in [2.24, 2.45) is 0 Å². The van der Waals surface area contributed by atoms with Gasteiger partial charge in [-0.15, -0.1) is 0 Å². The van der Waals surface area contributed by atoms with Crippen LogP contribution < -0.4 is 10.1 Å². The summed E-state index contributed by atoms with van der Waals surface area (Å²) in [5.74, 6) is -0.562. The van der Waals surface area contributed by atoms with Crippen molar-refractivity contribution in [3.8, 4) is 5.75 Å². The van der Waals surface area contributed by atoms with Crippen LogP contribution in [-0.4, -0.2) is 29.6 Å². The van der Waals surface area contributed by atoms with Crippen molar-refractivity contribution in [1.82, 2.24) is 5.32 Å². The maximum Gasteiger partial charge on any atom is 0.326 e. The lowest BCUT2D eigenvalue weighted by molar-refractivity contribution is -0.141. The van der Waals surface area contributed by atoms with E-state index in [2.05, 4.69) is 5.32 Å². The highest BCUT2D eigenvalue weighted by Gasteiger charge is 2.20. The molecule has 2 N–H and O–H groups in total. The van der Waals surface area contributed by atoms with E-state index < -0.39 is 12.0 Å². The molecule has 2 aromatic carbocycles. The molecule has 2 aromatic rings. The fourth-order valence-corrected chi connectivity index (χ4v) is 2.26. The second-order valence-corrected chi connectivity index (χ2v) is 5.41. The number of carboxylic acids is 1. The first-order valence-electron chi connectivity index (χ1n) is 7.89. The van der Waals surface area contributed by atoms with E-state index in [0.29, 0.717) is 13.0 Å². The molecule has 0 aliphatic heterocycles. The summed E-state index contributed by atoms with van der Waals surface area (Å²) in [6.07, 6.45) is 1.02. The van der Waals surface area contributed by atoms with Gasteiger partial charge in [0.1, 0.15) is 11.8 Å². The monoisotopic (exact) mass is 327 g/mol. The molecule has 0 saturated heterocycles. The van der Waals surface area contributed by atoms with E-state index in [0.717, 1.165) is 11.3 Å². The van der Waals surface area contributed by atoms with Gasteiger partial charge in [-0.05, 0) is 24.1 Å². The zero-order valence-corrected chi connectivity index (χ0v) is 13.4. The molecule has 0 fully saturated rings. The Balaban J connectivity index is 1.73. The summed E-state index contributed by atoms with van der Waals surface area (Å²) < 4.78 is 5.51. The summed E-state index contributed by atoms with van der Waals surface area (Å²) in [7, 11) is 0. The van der Waals surface area contributed by atoms with Crippen molar-refractivity contribution >= 4 is 11.9 Å². The molecule has 24 heavy (non-hydrogen) atoms. The molecule has 1 amide bonds. The van der Waals surface area contributed by atoms with Crippen LogP contribution in [-0.2, 0) is 16.0 Å². The van der Waals surface area contributed by atoms with Gasteiger partial charge < -0.3 is 15.2 Å². The number of amides is 1. The highest BCUT2D eigenvalue weighted by molar-refractivity contribution is 5.83. The number of hydrogen-bond acceptors (Lipinski definition) is 3. The average Bonchev–Trinajstić information content (AvgIpc) is 2.60. The first kappa shape index (κ1) is 17.5. The Hall–Kier alpha value is -2.82. The maximum atomic E-state index is 11.9. The minimum atomic E-state index is -1.03. The summed E-state index contributed by atoms with van der Waals surface area (Å²) in [4.78, 5) is 23.2. The van der Waals surface area contributed by atoms with Crippen molar-refractivity contribution in [3.05, 3.63) is 66.2 Å². The first-order valence-corrected chi connectivity index (χ1v) is 7.89. The number of benzene rings is 2. The van der Waals surface area contributed by atoms with Gasteiger partial charge in [0.25, 0.3) is 0 Å². The van der Waals surface area contributed by atoms with Crippen LogP contribution in [0, 0.1) is 0 Å². The lowest BCUT2D eigenvalue weighted by Crippen LogP contribution is -2.42. The third-order valence-corrected chi connectivity index (χ3v) is 3.48. The van der Waals surface area contributed by atoms with Crippen molar-refractivity contribution in [2.75, 3.05) is 6.61 Å². The number of carbonyl (C=O) groups excluding carboxylic acids is 1. The third-order valence-electron chi connectivity index (χ3n) is 3.48. The Kier molecular flexibility index (Phi) is 6.83. The van der Waals surface area contributed by atoms with Gasteiger partial charge in [0.15, 0.2) is 0 Å². The Morgan fingerprint density at radius 2 is 1.62 bits per heavy atom. The number of aliphatic carboxylic acids is 1. The van der Waals surface area contributed by atoms with Crippen LogP contribution in [0.2, 0.25) is 0 Å². The molecule has 2 rings (SSSR count). The predicted octanol–water partition coefficient (Wildman–Crippen LogP) is 2.66. The lowest BCUT2D eigenvalue weighted by atomic mass is 10.1. The molecule has 0 aromatic heterocycles. The fourth-order valence-electron chi connectivity index (χ4n) is 2.26. The van der Waals surface area contributed by atoms with Crippen LogP contribution in [0.5, 0.6) is 5.75 Å². The average molecular weight is 327 g/mol. The number of hydrogen-bond donors (Lipinski definition) is 2. The van der Waals surface area contributed by atoms with Gasteiger partial charge in [-0.3, -0.25) is 4.79 Å². The minimum Gasteiger partial charge on any atom is -0.494 e. The molecular formula is C19H21NO4. The SMILES string of the molecule is O=C(CCCOc1ccccc1)N[C@H](Cc1ccccc1)C(=O)O. The van der Waals surface area contributed by atoms with Gasteiger partial charge in [-0.1, -0.05) is 48.5 Å². The van der Waals surface area contributed by atoms with Gasteiger partial charge in [0.2, 0.25) is 5.91 Å². The lowest BCUT2D eigenvalue weighted by Gasteiger charge is -2.14. The van der Waals surface area contributed by atoms with E-state index >= 15 is 0 Å². The number of ether oxygens (including phenoxy) is 1. The number of carbonyl (C=O) groups is 2. The molecule has 5 heteroatoms. The quantitative estimate of drug-likeness (QED) is 0.694. The maximum absolute atomic E-state index is 11.9. The highest BCUT2D eigenvalue weighted by atomic mass is 16.5. The molecule has 0 aliphatic carbocycles. The molecule has 0 saturated carbocycles. The van der Waals surface area contributed by atoms with Crippen LogP contribution in [0.25, 0.3) is 0 Å². The zero-order valence-electron chi connectivity index (χ0n) is 13.4. The van der Waals surface area contributed by atoms with Crippen LogP contribution in [0.1, 0.15) is 18.4 Å². The van der Waals surface area contributed by atoms with E-state index in [1.807, 2.05) is 60.7 Å². The fraction of sp³-hybridized carbons (Fsp3) is 0.263. The van der Waals surface area contributed by atoms with Crippen LogP contribution in [0.3, 0.4) is 0 Å². The van der Waals surface area contributed by atoms with Crippen LogP contribution in [0.4, 0.5) is 0 Å². The number of para-hydroxylation sites is 1. The topological polar surface area (TPSA) is 75.6 Å². The number of nitrogens with one attached hydrogen (secondary N) is 1. The van der Waals surface area contributed by atoms with Gasteiger partial charge in [-0.2, -0.15) is 0 Å². The first-order chi connectivity index (χ1) is 11.6. The summed E-state index contributed by atoms with van der Waals surface area (Å²) in [6, 6.07) is 17.7. The van der Waals surface area contributed by atoms with Crippen molar-refractivity contribution in [3.63, 3.8) is 0 Å². The molecule has 0 spiro atoms. The van der Waals surface area contributed by atoms with Gasteiger partial charge in [0.05, 0.1) is 6.61 Å². The van der Waals surface area contributed by atoms with Gasteiger partial charge >= 0.3 is 5.97 Å². The van der Waals surface area contributed by atoms with E-state index in [-0.39, 0.29) is 18.7 Å². The molecule has 0 aliphatic rings. The van der Waals surface area contributed by atoms with Crippen molar-refractivity contribution < 1.29 is 19.4 Å². The standard InChI is InChI=1S/C19H21NO4/c21-18(12-7-13-24-16-10-5-2-6-11-16)20-17(19(22)23)14-15-8-3-1-4-9-15/h1-6,8-11,17H,7,12-14H2,(H,20,21)(H,22,23)/t17-/m1/s1. The second kappa shape index (κ2) is 9.35. The Bertz CT molecular complexity index is 643. The van der Waals surface area contributed by atoms with E-state index in [9.17, 15) is 14.7 Å². The molecule has 0 radical (unpaired) electrons. The van der Waals surface area contributed by atoms with Crippen LogP contribution >= 0.6 is 0 Å². The van der Waals surface area contributed by atoms with Crippen molar-refractivity contribution in [1.29, 1.82) is 0 Å². The molecular weight excluding hydrogens is 306 g/mol. The van der Waals surface area contributed by atoms with E-state index in [1.54, 1.807) is 0 Å². The summed E-state index contributed by atoms with van der Waals surface area (Å²) in [5.41, 5.74) is 0.873. The summed E-state index contributed by atoms with van der Waals surface area (Å²) >= 11 is 0.